The molecular weight excluding hydrogens is 210 g/mol. The Labute approximate surface area is 101 Å². The Kier molecular flexibility index (Phi) is 2.16. The van der Waals surface area contributed by atoms with Crippen molar-refractivity contribution in [3.8, 4) is 16.9 Å². The van der Waals surface area contributed by atoms with E-state index in [0.717, 1.165) is 11.3 Å². The molecule has 0 N–H and O–H groups in total. The van der Waals surface area contributed by atoms with Crippen molar-refractivity contribution in [2.75, 3.05) is 0 Å². The van der Waals surface area contributed by atoms with Gasteiger partial charge >= 0.3 is 0 Å². The van der Waals surface area contributed by atoms with E-state index >= 15 is 0 Å². The summed E-state index contributed by atoms with van der Waals surface area (Å²) in [6.07, 6.45) is 0.299. The summed E-state index contributed by atoms with van der Waals surface area (Å²) in [6, 6.07) is 19.2. The van der Waals surface area contributed by atoms with Gasteiger partial charge in [-0.25, -0.2) is 4.68 Å². The van der Waals surface area contributed by atoms with E-state index in [0.29, 0.717) is 11.9 Å². The van der Waals surface area contributed by atoms with Crippen molar-refractivity contribution in [1.82, 2.24) is 15.0 Å². The van der Waals surface area contributed by atoms with Crippen LogP contribution in [0.3, 0.4) is 0 Å². The third-order valence-corrected chi connectivity index (χ3v) is 2.49. The molecule has 3 heteroatoms. The lowest BCUT2D eigenvalue weighted by atomic mass is 10.2. The molecule has 0 aliphatic rings. The molecule has 2 aromatic carbocycles. The van der Waals surface area contributed by atoms with Crippen molar-refractivity contribution in [3.63, 3.8) is 0 Å². The maximum absolute atomic E-state index is 8.14. The highest BCUT2D eigenvalue weighted by atomic mass is 15.4. The van der Waals surface area contributed by atoms with Gasteiger partial charge < -0.3 is 0 Å². The second-order valence-corrected chi connectivity index (χ2v) is 3.66. The fourth-order valence-electron chi connectivity index (χ4n) is 1.64. The van der Waals surface area contributed by atoms with Crippen LogP contribution in [-0.2, 0) is 0 Å². The van der Waals surface area contributed by atoms with Gasteiger partial charge in [0.1, 0.15) is 5.69 Å². The first kappa shape index (κ1) is 8.70. The maximum Gasteiger partial charge on any atom is 0.113 e. The van der Waals surface area contributed by atoms with Gasteiger partial charge in [-0.05, 0) is 12.1 Å². The average Bonchev–Trinajstić information content (AvgIpc) is 2.83. The van der Waals surface area contributed by atoms with Crippen LogP contribution in [0.4, 0.5) is 0 Å². The molecule has 0 saturated heterocycles. The van der Waals surface area contributed by atoms with E-state index in [1.54, 1.807) is 0 Å². The summed E-state index contributed by atoms with van der Waals surface area (Å²) in [5.41, 5.74) is 2.35. The average molecular weight is 222 g/mol. The predicted octanol–water partition coefficient (Wildman–Crippen LogP) is 2.93. The van der Waals surface area contributed by atoms with Crippen LogP contribution in [0.15, 0.2) is 66.8 Å². The number of benzene rings is 2. The molecule has 1 aromatic heterocycles. The van der Waals surface area contributed by atoms with Crippen molar-refractivity contribution >= 4 is 0 Å². The zero-order chi connectivity index (χ0) is 12.4. The Balaban J connectivity index is 2.09. The smallest absolute Gasteiger partial charge is 0.113 e. The van der Waals surface area contributed by atoms with Crippen molar-refractivity contribution in [1.29, 1.82) is 0 Å². The summed E-state index contributed by atoms with van der Waals surface area (Å²) in [5.74, 6) is 0. The molecule has 3 rings (SSSR count). The molecule has 1 heterocycles. The van der Waals surface area contributed by atoms with Crippen LogP contribution < -0.4 is 0 Å². The Bertz CT molecular complexity index is 590. The van der Waals surface area contributed by atoms with Crippen LogP contribution >= 0.6 is 0 Å². The minimum atomic E-state index is 0.299. The molecule has 0 atom stereocenters. The topological polar surface area (TPSA) is 30.7 Å². The summed E-state index contributed by atoms with van der Waals surface area (Å²) in [7, 11) is 0. The van der Waals surface area contributed by atoms with Crippen molar-refractivity contribution in [3.05, 3.63) is 66.8 Å². The van der Waals surface area contributed by atoms with Crippen molar-refractivity contribution < 1.29 is 1.37 Å². The van der Waals surface area contributed by atoms with Crippen LogP contribution in [0.2, 0.25) is 0 Å². The molecule has 3 aromatic rings. The largest absolute Gasteiger partial charge is 0.220 e. The van der Waals surface area contributed by atoms with Crippen LogP contribution in [0, 0.1) is 0 Å². The molecule has 0 aliphatic heterocycles. The molecule has 3 nitrogen and oxygen atoms in total. The van der Waals surface area contributed by atoms with E-state index in [1.165, 1.54) is 4.68 Å². The van der Waals surface area contributed by atoms with Gasteiger partial charge in [-0.2, -0.15) is 0 Å². The lowest BCUT2D eigenvalue weighted by Crippen LogP contribution is -1.93. The van der Waals surface area contributed by atoms with E-state index in [9.17, 15) is 0 Å². The monoisotopic (exact) mass is 222 g/mol. The van der Waals surface area contributed by atoms with Gasteiger partial charge in [0.25, 0.3) is 0 Å². The first-order valence-corrected chi connectivity index (χ1v) is 5.39. The van der Waals surface area contributed by atoms with Gasteiger partial charge in [-0.3, -0.25) is 0 Å². The molecule has 82 valence electrons. The lowest BCUT2D eigenvalue weighted by Gasteiger charge is -1.97. The fourth-order valence-corrected chi connectivity index (χ4v) is 1.64. The van der Waals surface area contributed by atoms with E-state index in [1.807, 2.05) is 60.7 Å². The minimum Gasteiger partial charge on any atom is -0.220 e. The number of rotatable bonds is 2. The van der Waals surface area contributed by atoms with Crippen LogP contribution in [0.1, 0.15) is 1.37 Å². The summed E-state index contributed by atoms with van der Waals surface area (Å²) in [4.78, 5) is 0. The minimum absolute atomic E-state index is 0.299. The standard InChI is InChI=1S/C14H11N3/c1-3-7-12(8-4-1)14-11-17(16-15-14)13-9-5-2-6-10-13/h1-11H/i11D. The molecule has 0 amide bonds. The first-order chi connectivity index (χ1) is 8.86. The molecule has 17 heavy (non-hydrogen) atoms. The molecular formula is C14H11N3. The van der Waals surface area contributed by atoms with Gasteiger partial charge in [0.2, 0.25) is 0 Å². The number of hydrogen-bond donors (Lipinski definition) is 0. The third-order valence-electron chi connectivity index (χ3n) is 2.49. The number of nitrogens with zero attached hydrogens (tertiary/aromatic N) is 3. The molecule has 0 unspecified atom stereocenters. The molecule has 0 bridgehead atoms. The second kappa shape index (κ2) is 4.22. The Morgan fingerprint density at radius 2 is 1.53 bits per heavy atom. The molecule has 0 aliphatic carbocycles. The molecule has 0 spiro atoms. The van der Waals surface area contributed by atoms with Gasteiger partial charge in [0.05, 0.1) is 13.2 Å². The van der Waals surface area contributed by atoms with Crippen LogP contribution in [-0.4, -0.2) is 15.0 Å². The highest BCUT2D eigenvalue weighted by Gasteiger charge is 2.03. The number of para-hydroxylation sites is 1. The normalized spacial score (nSPS) is 11.2. The fraction of sp³-hybridized carbons (Fsp3) is 0. The van der Waals surface area contributed by atoms with Gasteiger partial charge in [0, 0.05) is 5.56 Å². The van der Waals surface area contributed by atoms with Crippen LogP contribution in [0.25, 0.3) is 16.9 Å². The van der Waals surface area contributed by atoms with E-state index in [-0.39, 0.29) is 0 Å². The SMILES string of the molecule is [2H]c1c(-c2ccccc2)nnn1-c1ccccc1. The lowest BCUT2D eigenvalue weighted by molar-refractivity contribution is 0.804. The molecule has 0 radical (unpaired) electrons. The van der Waals surface area contributed by atoms with Crippen molar-refractivity contribution in [2.24, 2.45) is 0 Å². The van der Waals surface area contributed by atoms with E-state index < -0.39 is 0 Å². The zero-order valence-corrected chi connectivity index (χ0v) is 9.12. The Morgan fingerprint density at radius 3 is 2.24 bits per heavy atom. The second-order valence-electron chi connectivity index (χ2n) is 3.66. The number of aromatic nitrogens is 3. The first-order valence-electron chi connectivity index (χ1n) is 5.89. The zero-order valence-electron chi connectivity index (χ0n) is 10.1. The van der Waals surface area contributed by atoms with Gasteiger partial charge in [-0.15, -0.1) is 5.10 Å². The highest BCUT2D eigenvalue weighted by molar-refractivity contribution is 5.57. The third kappa shape index (κ3) is 1.95. The quantitative estimate of drug-likeness (QED) is 0.667. The van der Waals surface area contributed by atoms with Crippen LogP contribution in [0.5, 0.6) is 0 Å². The van der Waals surface area contributed by atoms with E-state index in [2.05, 4.69) is 10.3 Å². The summed E-state index contributed by atoms with van der Waals surface area (Å²) in [6.45, 7) is 0. The summed E-state index contributed by atoms with van der Waals surface area (Å²) >= 11 is 0. The van der Waals surface area contributed by atoms with Crippen molar-refractivity contribution in [2.45, 2.75) is 0 Å². The summed E-state index contributed by atoms with van der Waals surface area (Å²) in [5, 5.41) is 8.13. The van der Waals surface area contributed by atoms with E-state index in [4.69, 9.17) is 1.37 Å². The highest BCUT2D eigenvalue weighted by Crippen LogP contribution is 2.16. The summed E-state index contributed by atoms with van der Waals surface area (Å²) < 4.78 is 9.67. The molecule has 0 fully saturated rings. The predicted molar refractivity (Wildman–Crippen MR) is 66.8 cm³/mol. The maximum atomic E-state index is 8.14. The Hall–Kier alpha value is -2.42. The Morgan fingerprint density at radius 1 is 0.882 bits per heavy atom. The van der Waals surface area contributed by atoms with Gasteiger partial charge in [0.15, 0.2) is 0 Å². The number of hydrogen-bond acceptors (Lipinski definition) is 2. The molecule has 0 saturated carbocycles. The van der Waals surface area contributed by atoms with Gasteiger partial charge in [-0.1, -0.05) is 53.7 Å².